The summed E-state index contributed by atoms with van der Waals surface area (Å²) in [6, 6.07) is -37.5. The highest BCUT2D eigenvalue weighted by Crippen LogP contribution is 2.49. The van der Waals surface area contributed by atoms with Crippen LogP contribution in [0.2, 0.25) is 0 Å². The highest BCUT2D eigenvalue weighted by atomic mass is 16.3. The highest BCUT2D eigenvalue weighted by molar-refractivity contribution is 6.15. The van der Waals surface area contributed by atoms with Crippen molar-refractivity contribution in [2.24, 2.45) is 0 Å². The molecule has 55 heavy (non-hydrogen) atoms. The van der Waals surface area contributed by atoms with Crippen LogP contribution >= 0.6 is 0 Å². The van der Waals surface area contributed by atoms with Crippen LogP contribution in [0.3, 0.4) is 0 Å². The third-order valence-corrected chi connectivity index (χ3v) is 8.61. The average molecular weight is 737 g/mol. The van der Waals surface area contributed by atoms with E-state index >= 15 is 0 Å². The van der Waals surface area contributed by atoms with Gasteiger partial charge in [0.1, 0.15) is 11.2 Å². The van der Waals surface area contributed by atoms with Gasteiger partial charge in [0.05, 0.1) is 74.6 Å². The maximum absolute atomic E-state index is 10.2. The second kappa shape index (κ2) is 12.6. The van der Waals surface area contributed by atoms with E-state index in [0.29, 0.717) is 4.57 Å². The minimum Gasteiger partial charge on any atom is -0.455 e. The Bertz CT molecular complexity index is 5060. The number of hydrogen-bond donors (Lipinski definition) is 0. The summed E-state index contributed by atoms with van der Waals surface area (Å²) in [5.74, 6) is 0. The first-order chi connectivity index (χ1) is 41.4. The van der Waals surface area contributed by atoms with E-state index in [1.54, 1.807) is 0 Å². The van der Waals surface area contributed by atoms with Crippen LogP contribution in [0.4, 0.5) is 17.1 Å². The molecule has 0 saturated carbocycles. The van der Waals surface area contributed by atoms with Gasteiger partial charge in [-0.3, -0.25) is 0 Å². The lowest BCUT2D eigenvalue weighted by Crippen LogP contribution is -2.11. The van der Waals surface area contributed by atoms with Gasteiger partial charge in [0.15, 0.2) is 0 Å². The molecule has 0 saturated heterocycles. The quantitative estimate of drug-likeness (QED) is 0.169. The van der Waals surface area contributed by atoms with Gasteiger partial charge < -0.3 is 13.9 Å². The van der Waals surface area contributed by atoms with Crippen LogP contribution in [0, 0.1) is 0 Å². The summed E-state index contributed by atoms with van der Waals surface area (Å²) in [6.45, 7) is 0. The zero-order chi connectivity index (χ0) is 65.9. The lowest BCUT2D eigenvalue weighted by Gasteiger charge is -2.29. The van der Waals surface area contributed by atoms with Crippen molar-refractivity contribution >= 4 is 71.6 Å². The Morgan fingerprint density at radius 2 is 1.00 bits per heavy atom. The lowest BCUT2D eigenvalue weighted by atomic mass is 9.96. The summed E-state index contributed by atoms with van der Waals surface area (Å²) in [6.07, 6.45) is 0. The Balaban J connectivity index is 1.47. The van der Waals surface area contributed by atoms with Crippen molar-refractivity contribution in [3.63, 3.8) is 0 Å². The van der Waals surface area contributed by atoms with Crippen molar-refractivity contribution in [3.8, 4) is 27.9 Å². The summed E-state index contributed by atoms with van der Waals surface area (Å²) >= 11 is 0. The average Bonchev–Trinajstić information content (AvgIpc) is 1.64. The minimum absolute atomic E-state index is 0.284. The van der Waals surface area contributed by atoms with Crippen LogP contribution in [0.15, 0.2) is 210 Å². The fourth-order valence-electron chi connectivity index (χ4n) is 6.34. The molecule has 11 rings (SSSR count). The Morgan fingerprint density at radius 3 is 1.78 bits per heavy atom. The number of anilines is 3. The summed E-state index contributed by atoms with van der Waals surface area (Å²) in [4.78, 5) is 0.284. The Kier molecular flexibility index (Phi) is 2.84. The summed E-state index contributed by atoms with van der Waals surface area (Å²) < 4.78 is 318. The van der Waals surface area contributed by atoms with Crippen LogP contribution in [0.25, 0.3) is 82.5 Å². The molecule has 0 spiro atoms. The molecule has 0 radical (unpaired) electrons. The molecule has 11 aromatic rings. The topological polar surface area (TPSA) is 21.3 Å². The van der Waals surface area contributed by atoms with E-state index in [0.717, 1.165) is 0 Å². The van der Waals surface area contributed by atoms with E-state index < -0.39 is 305 Å². The minimum atomic E-state index is -1.39. The van der Waals surface area contributed by atoms with Gasteiger partial charge >= 0.3 is 0 Å². The van der Waals surface area contributed by atoms with E-state index in [1.807, 2.05) is 0 Å². The third-order valence-electron chi connectivity index (χ3n) is 8.61. The molecule has 0 atom stereocenters. The Labute approximate surface area is 366 Å². The summed E-state index contributed by atoms with van der Waals surface area (Å²) in [5, 5.41) is -4.22. The number of furan rings is 1. The van der Waals surface area contributed by atoms with Gasteiger partial charge in [-0.05, 0) is 82.3 Å². The van der Waals surface area contributed by atoms with Gasteiger partial charge in [-0.1, -0.05) is 145 Å². The third kappa shape index (κ3) is 4.98. The van der Waals surface area contributed by atoms with Crippen molar-refractivity contribution < 1.29 is 51.0 Å². The molecule has 0 N–H and O–H groups in total. The van der Waals surface area contributed by atoms with Crippen LogP contribution in [-0.2, 0) is 0 Å². The number of fused-ring (bicyclic) bond motifs is 7. The first-order valence-corrected chi connectivity index (χ1v) is 16.0. The van der Waals surface area contributed by atoms with Crippen LogP contribution < -0.4 is 4.90 Å². The molecule has 2 aromatic heterocycles. The molecule has 0 fully saturated rings. The number of benzene rings is 9. The molecular weight excluding hydrogens is 669 g/mol. The van der Waals surface area contributed by atoms with Gasteiger partial charge in [0, 0.05) is 38.5 Å². The van der Waals surface area contributed by atoms with Gasteiger partial charge in [0.25, 0.3) is 0 Å². The largest absolute Gasteiger partial charge is 0.455 e. The molecular formula is C52H34N2O. The highest BCUT2D eigenvalue weighted by Gasteiger charge is 2.25. The zero-order valence-corrected chi connectivity index (χ0v) is 27.3. The van der Waals surface area contributed by atoms with Crippen LogP contribution in [0.5, 0.6) is 0 Å². The molecule has 0 unspecified atom stereocenters. The molecule has 0 aliphatic rings. The summed E-state index contributed by atoms with van der Waals surface area (Å²) in [5.41, 5.74) is -12.4. The second-order valence-electron chi connectivity index (χ2n) is 11.5. The molecule has 9 aromatic carbocycles. The molecule has 0 aliphatic heterocycles. The summed E-state index contributed by atoms with van der Waals surface area (Å²) in [7, 11) is 0. The first-order valence-electron chi connectivity index (χ1n) is 33.0. The maximum atomic E-state index is 10.2. The zero-order valence-electron chi connectivity index (χ0n) is 61.3. The van der Waals surface area contributed by atoms with E-state index in [9.17, 15) is 17.8 Å². The fourth-order valence-corrected chi connectivity index (χ4v) is 6.34. The normalized spacial score (nSPS) is 20.3. The van der Waals surface area contributed by atoms with E-state index in [-0.39, 0.29) is 4.90 Å². The van der Waals surface area contributed by atoms with Crippen molar-refractivity contribution in [1.29, 1.82) is 0 Å². The molecule has 0 amide bonds. The predicted molar refractivity (Wildman–Crippen MR) is 231 cm³/mol. The Morgan fingerprint density at radius 1 is 0.418 bits per heavy atom. The van der Waals surface area contributed by atoms with E-state index in [4.69, 9.17) is 33.2 Å². The van der Waals surface area contributed by atoms with Gasteiger partial charge in [0.2, 0.25) is 0 Å². The van der Waals surface area contributed by atoms with E-state index in [2.05, 4.69) is 0 Å². The number of hydrogen-bond acceptors (Lipinski definition) is 2. The molecule has 0 aliphatic carbocycles. The lowest BCUT2D eigenvalue weighted by molar-refractivity contribution is 0.670. The van der Waals surface area contributed by atoms with Crippen LogP contribution in [0.1, 0.15) is 46.6 Å². The fraction of sp³-hybridized carbons (Fsp3) is 0. The SMILES string of the molecule is [2H]c1c([2H])c([2H])c(N(c2c([2H])c([2H])c(-c3c([2H])c([2H])c([2H])c4c([2H])c([2H])c([2H])c([2H])c34)c([2H])c2[2H])c2c([2H])c([2H])c3c(oc4c([2H])c([2H])c([2H])c([2H])c43)c2-c2c([2H])c([2H])c([2H])c([2H])c2-n2c3c([2H])c([2H])c([2H])c([2H])c3c3c([2H])c([2H])c([2H])c([2H])c32)c([2H])c1[2H]. The molecule has 2 heterocycles. The smallest absolute Gasteiger partial charge is 0.145 e. The molecule has 3 heteroatoms. The number of para-hydroxylation sites is 5. The van der Waals surface area contributed by atoms with E-state index in [1.165, 1.54) is 0 Å². The first kappa shape index (κ1) is 12.3. The number of rotatable bonds is 6. The van der Waals surface area contributed by atoms with Gasteiger partial charge in [-0.15, -0.1) is 0 Å². The second-order valence-corrected chi connectivity index (χ2v) is 11.5. The molecule has 0 bridgehead atoms. The predicted octanol–water partition coefficient (Wildman–Crippen LogP) is 14.6. The number of aromatic nitrogens is 1. The van der Waals surface area contributed by atoms with Crippen molar-refractivity contribution in [2.45, 2.75) is 0 Å². The monoisotopic (exact) mass is 736 g/mol. The standard InChI is InChI=1S/C52H34N2O/c1-2-17-37(18-3-1)53(38-31-29-36(30-32-38)40-24-14-16-35-15-4-5-19-39(35)40)49-34-33-44-43-22-9-13-28-50(43)55-52(44)51(49)45-23-8-12-27-48(45)54-46-25-10-6-20-41(46)42-21-7-11-26-47(42)54/h1-34H/i1D,2D,3D,4D,5D,6D,7D,8D,9D,10D,11D,12D,13D,14D,15D,16D,17D,18D,19D,20D,21D,22D,23D,24D,25D,26D,27D,28D,29D,30D,31D,32D,33D,34D. The van der Waals surface area contributed by atoms with Crippen molar-refractivity contribution in [1.82, 2.24) is 4.57 Å². The molecule has 258 valence electrons. The van der Waals surface area contributed by atoms with Crippen molar-refractivity contribution in [3.05, 3.63) is 205 Å². The molecule has 3 nitrogen and oxygen atoms in total. The van der Waals surface area contributed by atoms with Gasteiger partial charge in [-0.25, -0.2) is 0 Å². The van der Waals surface area contributed by atoms with Crippen LogP contribution in [-0.4, -0.2) is 4.57 Å². The van der Waals surface area contributed by atoms with Crippen molar-refractivity contribution in [2.75, 3.05) is 4.90 Å². The van der Waals surface area contributed by atoms with Gasteiger partial charge in [-0.2, -0.15) is 0 Å². The Hall–Kier alpha value is -7.36. The maximum Gasteiger partial charge on any atom is 0.145 e. The number of nitrogens with zero attached hydrogens (tertiary/aromatic N) is 2.